The first-order valence-corrected chi connectivity index (χ1v) is 9.88. The standard InChI is InChI=1S/C21H27N3O5/c1-21(2,3)29-20(28)22-11-5-7-13-6-4-8-14-15(13)12-24(19(14)27)16-9-10-17(25)23-18(16)26/h4,6,8,16H,5,7,9-12H2,1-3H3,(H,22,28)(H,23,25,26). The molecule has 4 amide bonds. The number of nitrogens with one attached hydrogen (secondary N) is 2. The van der Waals surface area contributed by atoms with Crippen LogP contribution in [0.25, 0.3) is 0 Å². The number of imide groups is 1. The number of carbonyl (C=O) groups excluding carboxylic acids is 4. The molecular formula is C21H27N3O5. The molecular weight excluding hydrogens is 374 g/mol. The van der Waals surface area contributed by atoms with E-state index in [1.807, 2.05) is 32.9 Å². The molecule has 0 aliphatic carbocycles. The number of hydrogen-bond acceptors (Lipinski definition) is 5. The quantitative estimate of drug-likeness (QED) is 0.579. The van der Waals surface area contributed by atoms with Gasteiger partial charge in [-0.15, -0.1) is 0 Å². The highest BCUT2D eigenvalue weighted by Gasteiger charge is 2.39. The second kappa shape index (κ2) is 8.23. The molecule has 1 saturated heterocycles. The number of hydrogen-bond donors (Lipinski definition) is 2. The summed E-state index contributed by atoms with van der Waals surface area (Å²) in [7, 11) is 0. The van der Waals surface area contributed by atoms with Crippen LogP contribution in [0, 0.1) is 0 Å². The van der Waals surface area contributed by atoms with Crippen molar-refractivity contribution in [1.29, 1.82) is 0 Å². The van der Waals surface area contributed by atoms with Crippen molar-refractivity contribution in [3.8, 4) is 0 Å². The molecule has 8 heteroatoms. The van der Waals surface area contributed by atoms with Crippen molar-refractivity contribution in [3.05, 3.63) is 34.9 Å². The van der Waals surface area contributed by atoms with Crippen LogP contribution in [0.2, 0.25) is 0 Å². The molecule has 2 aliphatic rings. The van der Waals surface area contributed by atoms with Gasteiger partial charge in [-0.3, -0.25) is 19.7 Å². The van der Waals surface area contributed by atoms with Crippen molar-refractivity contribution < 1.29 is 23.9 Å². The van der Waals surface area contributed by atoms with Gasteiger partial charge in [-0.1, -0.05) is 12.1 Å². The number of benzene rings is 1. The summed E-state index contributed by atoms with van der Waals surface area (Å²) in [6.07, 6.45) is 1.52. The molecule has 1 unspecified atom stereocenters. The minimum Gasteiger partial charge on any atom is -0.444 e. The van der Waals surface area contributed by atoms with Gasteiger partial charge in [0, 0.05) is 25.1 Å². The highest BCUT2D eigenvalue weighted by atomic mass is 16.6. The number of carbonyl (C=O) groups is 4. The molecule has 1 aromatic rings. The Balaban J connectivity index is 1.60. The van der Waals surface area contributed by atoms with E-state index in [-0.39, 0.29) is 18.2 Å². The monoisotopic (exact) mass is 401 g/mol. The average Bonchev–Trinajstić information content (AvgIpc) is 2.95. The zero-order valence-corrected chi connectivity index (χ0v) is 17.0. The molecule has 0 aromatic heterocycles. The topological polar surface area (TPSA) is 105 Å². The van der Waals surface area contributed by atoms with Crippen LogP contribution >= 0.6 is 0 Å². The highest BCUT2D eigenvalue weighted by Crippen LogP contribution is 2.30. The summed E-state index contributed by atoms with van der Waals surface area (Å²) in [5.41, 5.74) is 2.01. The van der Waals surface area contributed by atoms with Gasteiger partial charge in [-0.2, -0.15) is 0 Å². The van der Waals surface area contributed by atoms with E-state index < -0.39 is 23.6 Å². The third kappa shape index (κ3) is 4.93. The predicted molar refractivity (Wildman–Crippen MR) is 105 cm³/mol. The largest absolute Gasteiger partial charge is 0.444 e. The fourth-order valence-corrected chi connectivity index (χ4v) is 3.67. The molecule has 0 saturated carbocycles. The number of aryl methyl sites for hydroxylation is 1. The van der Waals surface area contributed by atoms with Gasteiger partial charge in [0.2, 0.25) is 11.8 Å². The molecule has 29 heavy (non-hydrogen) atoms. The molecule has 8 nitrogen and oxygen atoms in total. The second-order valence-corrected chi connectivity index (χ2v) is 8.38. The van der Waals surface area contributed by atoms with E-state index >= 15 is 0 Å². The maximum atomic E-state index is 12.8. The molecule has 0 bridgehead atoms. The third-order valence-electron chi connectivity index (χ3n) is 4.97. The number of rotatable bonds is 5. The van der Waals surface area contributed by atoms with Crippen molar-refractivity contribution in [2.75, 3.05) is 6.54 Å². The zero-order chi connectivity index (χ0) is 21.2. The van der Waals surface area contributed by atoms with Crippen LogP contribution in [0.3, 0.4) is 0 Å². The molecule has 1 atom stereocenters. The van der Waals surface area contributed by atoms with Crippen molar-refractivity contribution in [1.82, 2.24) is 15.5 Å². The minimum absolute atomic E-state index is 0.178. The van der Waals surface area contributed by atoms with E-state index in [2.05, 4.69) is 10.6 Å². The van der Waals surface area contributed by atoms with E-state index in [0.717, 1.165) is 11.1 Å². The Kier molecular flexibility index (Phi) is 5.91. The molecule has 2 heterocycles. The summed E-state index contributed by atoms with van der Waals surface area (Å²) in [6.45, 7) is 6.25. The van der Waals surface area contributed by atoms with Crippen LogP contribution < -0.4 is 10.6 Å². The zero-order valence-electron chi connectivity index (χ0n) is 17.0. The summed E-state index contributed by atoms with van der Waals surface area (Å²) < 4.78 is 5.21. The lowest BCUT2D eigenvalue weighted by atomic mass is 9.99. The van der Waals surface area contributed by atoms with Gasteiger partial charge in [-0.05, 0) is 57.2 Å². The fraction of sp³-hybridized carbons (Fsp3) is 0.524. The van der Waals surface area contributed by atoms with Crippen LogP contribution in [0.5, 0.6) is 0 Å². The van der Waals surface area contributed by atoms with E-state index in [4.69, 9.17) is 4.74 Å². The number of fused-ring (bicyclic) bond motifs is 1. The van der Waals surface area contributed by atoms with Crippen molar-refractivity contribution in [2.45, 2.75) is 64.6 Å². The summed E-state index contributed by atoms with van der Waals surface area (Å²) in [4.78, 5) is 49.6. The lowest BCUT2D eigenvalue weighted by Gasteiger charge is -2.29. The van der Waals surface area contributed by atoms with Crippen molar-refractivity contribution in [2.24, 2.45) is 0 Å². The molecule has 1 aromatic carbocycles. The van der Waals surface area contributed by atoms with E-state index in [1.165, 1.54) is 0 Å². The normalized spacial score (nSPS) is 19.1. The van der Waals surface area contributed by atoms with Crippen LogP contribution in [-0.2, 0) is 27.3 Å². The lowest BCUT2D eigenvalue weighted by molar-refractivity contribution is -0.136. The van der Waals surface area contributed by atoms with Gasteiger partial charge < -0.3 is 15.0 Å². The second-order valence-electron chi connectivity index (χ2n) is 8.38. The molecule has 156 valence electrons. The van der Waals surface area contributed by atoms with Crippen LogP contribution in [0.1, 0.15) is 61.5 Å². The van der Waals surface area contributed by atoms with Gasteiger partial charge in [0.1, 0.15) is 11.6 Å². The minimum atomic E-state index is -0.616. The molecule has 3 rings (SSSR count). The first-order valence-electron chi connectivity index (χ1n) is 9.88. The summed E-state index contributed by atoms with van der Waals surface area (Å²) in [5.74, 6) is -0.887. The first kappa shape index (κ1) is 20.8. The molecule has 0 radical (unpaired) electrons. The molecule has 2 N–H and O–H groups in total. The molecule has 1 fully saturated rings. The Morgan fingerprint density at radius 1 is 1.28 bits per heavy atom. The van der Waals surface area contributed by atoms with E-state index in [1.54, 1.807) is 11.0 Å². The van der Waals surface area contributed by atoms with Gasteiger partial charge >= 0.3 is 6.09 Å². The van der Waals surface area contributed by atoms with E-state index in [0.29, 0.717) is 37.9 Å². The van der Waals surface area contributed by atoms with Crippen molar-refractivity contribution in [3.63, 3.8) is 0 Å². The van der Waals surface area contributed by atoms with Crippen LogP contribution in [0.15, 0.2) is 18.2 Å². The maximum Gasteiger partial charge on any atom is 0.407 e. The maximum absolute atomic E-state index is 12.8. The fourth-order valence-electron chi connectivity index (χ4n) is 3.67. The Bertz CT molecular complexity index is 843. The number of piperidine rings is 1. The van der Waals surface area contributed by atoms with Crippen LogP contribution in [0.4, 0.5) is 4.79 Å². The summed E-state index contributed by atoms with van der Waals surface area (Å²) >= 11 is 0. The summed E-state index contributed by atoms with van der Waals surface area (Å²) in [6, 6.07) is 4.95. The average molecular weight is 401 g/mol. The lowest BCUT2D eigenvalue weighted by Crippen LogP contribution is -2.52. The smallest absolute Gasteiger partial charge is 0.407 e. The van der Waals surface area contributed by atoms with E-state index in [9.17, 15) is 19.2 Å². The Labute approximate surface area is 170 Å². The Hall–Kier alpha value is -2.90. The SMILES string of the molecule is CC(C)(C)OC(=O)NCCCc1cccc2c1CN(C1CCC(=O)NC1=O)C2=O. The molecule has 0 spiro atoms. The number of amides is 4. The predicted octanol–water partition coefficient (Wildman–Crippen LogP) is 1.90. The van der Waals surface area contributed by atoms with Crippen molar-refractivity contribution >= 4 is 23.8 Å². The van der Waals surface area contributed by atoms with Gasteiger partial charge in [0.05, 0.1) is 0 Å². The van der Waals surface area contributed by atoms with Gasteiger partial charge in [0.25, 0.3) is 5.91 Å². The third-order valence-corrected chi connectivity index (χ3v) is 4.97. The van der Waals surface area contributed by atoms with Gasteiger partial charge in [-0.25, -0.2) is 4.79 Å². The Morgan fingerprint density at radius 2 is 2.03 bits per heavy atom. The Morgan fingerprint density at radius 3 is 2.72 bits per heavy atom. The first-order chi connectivity index (χ1) is 13.7. The van der Waals surface area contributed by atoms with Gasteiger partial charge in [0.15, 0.2) is 0 Å². The number of nitrogens with zero attached hydrogens (tertiary/aromatic N) is 1. The van der Waals surface area contributed by atoms with Crippen LogP contribution in [-0.4, -0.2) is 46.9 Å². The number of alkyl carbamates (subject to hydrolysis) is 1. The number of ether oxygens (including phenoxy) is 1. The highest BCUT2D eigenvalue weighted by molar-refractivity contribution is 6.05. The molecule has 2 aliphatic heterocycles. The summed E-state index contributed by atoms with van der Waals surface area (Å²) in [5, 5.41) is 5.05.